The number of hydrazine groups is 1. The van der Waals surface area contributed by atoms with Crippen molar-refractivity contribution in [1.82, 2.24) is 10.7 Å². The van der Waals surface area contributed by atoms with Crippen LogP contribution in [0, 0.1) is 0 Å². The highest BCUT2D eigenvalue weighted by atomic mass is 16.6. The summed E-state index contributed by atoms with van der Waals surface area (Å²) in [6.07, 6.45) is -3.31. The van der Waals surface area contributed by atoms with E-state index in [2.05, 4.69) is 16.1 Å². The molecule has 2 rings (SSSR count). The molecule has 4 N–H and O–H groups in total. The van der Waals surface area contributed by atoms with E-state index < -0.39 is 53.8 Å². The normalized spacial score (nSPS) is 11.9. The van der Waals surface area contributed by atoms with Crippen LogP contribution in [0.3, 0.4) is 0 Å². The number of benzene rings is 2. The highest BCUT2D eigenvalue weighted by Gasteiger charge is 2.30. The van der Waals surface area contributed by atoms with E-state index in [4.69, 9.17) is 19.3 Å². The van der Waals surface area contributed by atoms with E-state index in [1.807, 2.05) is 30.3 Å². The Morgan fingerprint density at radius 1 is 0.833 bits per heavy atom. The Bertz CT molecular complexity index is 1240. The highest BCUT2D eigenvalue weighted by molar-refractivity contribution is 5.95. The van der Waals surface area contributed by atoms with Crippen molar-refractivity contribution in [3.05, 3.63) is 60.2 Å². The number of ether oxygens (including phenoxy) is 3. The van der Waals surface area contributed by atoms with Crippen LogP contribution in [-0.4, -0.2) is 52.5 Å². The number of aliphatic carboxylic acids is 1. The standard InChI is InChI=1S/C29H38N4O9/c1-28(2,3)41-26(38)31-22(16-17-23(34)35)24(36)32-33(27(39)42-29(4,5)6)21-14-12-20(13-15-21)30-25(37)40-18-19-10-8-7-9-11-19/h7-15,22H,16-18H2,1-6H3,(H,30,37)(H,31,38)(H,32,36)(H,34,35)/t22-/m0/s1. The van der Waals surface area contributed by atoms with Crippen molar-refractivity contribution in [1.29, 1.82) is 0 Å². The molecule has 1 atom stereocenters. The second-order valence-corrected chi connectivity index (χ2v) is 11.2. The van der Waals surface area contributed by atoms with Gasteiger partial charge in [-0.1, -0.05) is 30.3 Å². The lowest BCUT2D eigenvalue weighted by atomic mass is 10.1. The number of hydrogen-bond acceptors (Lipinski definition) is 8. The quantitative estimate of drug-likeness (QED) is 0.234. The largest absolute Gasteiger partial charge is 0.481 e. The van der Waals surface area contributed by atoms with Crippen molar-refractivity contribution in [2.75, 3.05) is 10.3 Å². The van der Waals surface area contributed by atoms with Crippen molar-refractivity contribution >= 4 is 41.5 Å². The number of nitrogens with zero attached hydrogens (tertiary/aromatic N) is 1. The molecule has 0 aliphatic carbocycles. The van der Waals surface area contributed by atoms with Gasteiger partial charge in [0.2, 0.25) is 0 Å². The first-order valence-electron chi connectivity index (χ1n) is 13.1. The number of amides is 4. The zero-order valence-corrected chi connectivity index (χ0v) is 24.6. The van der Waals surface area contributed by atoms with Crippen LogP contribution < -0.4 is 21.1 Å². The lowest BCUT2D eigenvalue weighted by Crippen LogP contribution is -2.55. The number of carbonyl (C=O) groups excluding carboxylic acids is 4. The van der Waals surface area contributed by atoms with E-state index in [1.54, 1.807) is 41.5 Å². The zero-order valence-electron chi connectivity index (χ0n) is 24.6. The Morgan fingerprint density at radius 3 is 1.98 bits per heavy atom. The molecule has 13 heteroatoms. The summed E-state index contributed by atoms with van der Waals surface area (Å²) >= 11 is 0. The van der Waals surface area contributed by atoms with Crippen molar-refractivity contribution in [2.45, 2.75) is 78.2 Å². The maximum atomic E-state index is 13.2. The van der Waals surface area contributed by atoms with Gasteiger partial charge in [-0.2, -0.15) is 5.01 Å². The fourth-order valence-electron chi connectivity index (χ4n) is 3.27. The molecular formula is C29H38N4O9. The second kappa shape index (κ2) is 14.7. The van der Waals surface area contributed by atoms with Gasteiger partial charge in [0.1, 0.15) is 23.9 Å². The summed E-state index contributed by atoms with van der Waals surface area (Å²) in [5, 5.41) is 14.9. The van der Waals surface area contributed by atoms with Gasteiger partial charge in [-0.15, -0.1) is 0 Å². The molecule has 0 fully saturated rings. The first kappa shape index (κ1) is 33.4. The van der Waals surface area contributed by atoms with Gasteiger partial charge in [0.25, 0.3) is 5.91 Å². The summed E-state index contributed by atoms with van der Waals surface area (Å²) in [4.78, 5) is 62.0. The van der Waals surface area contributed by atoms with E-state index in [9.17, 15) is 24.0 Å². The molecule has 42 heavy (non-hydrogen) atoms. The molecule has 0 bridgehead atoms. The molecule has 0 radical (unpaired) electrons. The van der Waals surface area contributed by atoms with Gasteiger partial charge < -0.3 is 24.6 Å². The van der Waals surface area contributed by atoms with Crippen LogP contribution in [0.25, 0.3) is 0 Å². The smallest absolute Gasteiger partial charge is 0.434 e. The molecule has 0 unspecified atom stereocenters. The Hall–Kier alpha value is -4.81. The first-order chi connectivity index (χ1) is 19.5. The van der Waals surface area contributed by atoms with Gasteiger partial charge >= 0.3 is 24.2 Å². The van der Waals surface area contributed by atoms with Crippen LogP contribution in [0.15, 0.2) is 54.6 Å². The minimum absolute atomic E-state index is 0.0730. The molecule has 0 heterocycles. The molecule has 0 aromatic heterocycles. The number of anilines is 2. The van der Waals surface area contributed by atoms with Crippen molar-refractivity contribution in [3.8, 4) is 0 Å². The Labute approximate surface area is 244 Å². The van der Waals surface area contributed by atoms with Gasteiger partial charge in [0.15, 0.2) is 0 Å². The molecular weight excluding hydrogens is 548 g/mol. The third kappa shape index (κ3) is 12.6. The third-order valence-corrected chi connectivity index (χ3v) is 5.04. The molecule has 2 aromatic rings. The van der Waals surface area contributed by atoms with Crippen LogP contribution in [0.2, 0.25) is 0 Å². The SMILES string of the molecule is CC(C)(C)OC(=O)N[C@@H](CCC(=O)O)C(=O)NN(C(=O)OC(C)(C)C)c1ccc(NC(=O)OCc2ccccc2)cc1. The number of rotatable bonds is 9. The molecule has 0 aliphatic rings. The topological polar surface area (TPSA) is 173 Å². The maximum absolute atomic E-state index is 13.2. The minimum atomic E-state index is -1.36. The zero-order chi connectivity index (χ0) is 31.5. The summed E-state index contributed by atoms with van der Waals surface area (Å²) in [5.41, 5.74) is 1.90. The molecule has 13 nitrogen and oxygen atoms in total. The number of carboxylic acids is 1. The van der Waals surface area contributed by atoms with Crippen molar-refractivity contribution < 1.29 is 43.3 Å². The fraction of sp³-hybridized carbons (Fsp3) is 0.414. The fourth-order valence-corrected chi connectivity index (χ4v) is 3.27. The first-order valence-corrected chi connectivity index (χ1v) is 13.1. The van der Waals surface area contributed by atoms with Gasteiger partial charge in [-0.05, 0) is 77.8 Å². The molecule has 0 spiro atoms. The molecule has 2 aromatic carbocycles. The van der Waals surface area contributed by atoms with E-state index in [0.717, 1.165) is 10.6 Å². The molecule has 0 saturated carbocycles. The summed E-state index contributed by atoms with van der Waals surface area (Å²) in [6, 6.07) is 13.6. The van der Waals surface area contributed by atoms with Crippen molar-refractivity contribution in [2.24, 2.45) is 0 Å². The number of alkyl carbamates (subject to hydrolysis) is 1. The second-order valence-electron chi connectivity index (χ2n) is 11.2. The lowest BCUT2D eigenvalue weighted by Gasteiger charge is -2.29. The van der Waals surface area contributed by atoms with E-state index >= 15 is 0 Å². The highest BCUT2D eigenvalue weighted by Crippen LogP contribution is 2.20. The predicted molar refractivity (Wildman–Crippen MR) is 154 cm³/mol. The van der Waals surface area contributed by atoms with E-state index in [-0.39, 0.29) is 18.7 Å². The molecule has 0 aliphatic heterocycles. The van der Waals surface area contributed by atoms with Crippen LogP contribution in [0.4, 0.5) is 25.8 Å². The summed E-state index contributed by atoms with van der Waals surface area (Å²) in [7, 11) is 0. The number of carboxylic acid groups (broad SMARTS) is 1. The Kier molecular flexibility index (Phi) is 11.7. The van der Waals surface area contributed by atoms with E-state index in [0.29, 0.717) is 5.69 Å². The molecule has 4 amide bonds. The third-order valence-electron chi connectivity index (χ3n) is 5.04. The summed E-state index contributed by atoms with van der Waals surface area (Å²) in [5.74, 6) is -2.08. The average molecular weight is 587 g/mol. The van der Waals surface area contributed by atoms with Crippen LogP contribution in [0.5, 0.6) is 0 Å². The molecule has 0 saturated heterocycles. The lowest BCUT2D eigenvalue weighted by molar-refractivity contribution is -0.137. The van der Waals surface area contributed by atoms with Crippen LogP contribution >= 0.6 is 0 Å². The Balaban J connectivity index is 2.20. The Morgan fingerprint density at radius 2 is 1.43 bits per heavy atom. The number of hydrogen-bond donors (Lipinski definition) is 4. The van der Waals surface area contributed by atoms with Gasteiger partial charge in [-0.25, -0.2) is 14.4 Å². The molecule has 228 valence electrons. The average Bonchev–Trinajstić information content (AvgIpc) is 2.87. The summed E-state index contributed by atoms with van der Waals surface area (Å²) < 4.78 is 15.8. The van der Waals surface area contributed by atoms with Crippen LogP contribution in [-0.2, 0) is 30.4 Å². The van der Waals surface area contributed by atoms with Gasteiger partial charge in [0, 0.05) is 12.1 Å². The number of carbonyl (C=O) groups is 5. The maximum Gasteiger partial charge on any atom is 0.434 e. The van der Waals surface area contributed by atoms with Gasteiger partial charge in [-0.3, -0.25) is 20.3 Å². The minimum Gasteiger partial charge on any atom is -0.481 e. The monoisotopic (exact) mass is 586 g/mol. The van der Waals surface area contributed by atoms with Gasteiger partial charge in [0.05, 0.1) is 5.69 Å². The summed E-state index contributed by atoms with van der Waals surface area (Å²) in [6.45, 7) is 9.87. The van der Waals surface area contributed by atoms with Crippen LogP contribution in [0.1, 0.15) is 59.9 Å². The van der Waals surface area contributed by atoms with Crippen molar-refractivity contribution in [3.63, 3.8) is 0 Å². The predicted octanol–water partition coefficient (Wildman–Crippen LogP) is 4.97. The number of nitrogens with one attached hydrogen (secondary N) is 3. The van der Waals surface area contributed by atoms with E-state index in [1.165, 1.54) is 24.3 Å².